The van der Waals surface area contributed by atoms with E-state index in [1.54, 1.807) is 36.4 Å². The Bertz CT molecular complexity index is 936. The summed E-state index contributed by atoms with van der Waals surface area (Å²) >= 11 is 1.30. The van der Waals surface area contributed by atoms with Gasteiger partial charge in [0.1, 0.15) is 6.61 Å². The minimum absolute atomic E-state index is 0.223. The van der Waals surface area contributed by atoms with E-state index in [-0.39, 0.29) is 12.6 Å². The van der Waals surface area contributed by atoms with Gasteiger partial charge in [-0.15, -0.1) is 10.2 Å². The fraction of sp³-hybridized carbons (Fsp3) is 0.250. The quantitative estimate of drug-likeness (QED) is 0.294. The predicted molar refractivity (Wildman–Crippen MR) is 107 cm³/mol. The SMILES string of the molecule is COc1cc(-c2nnc(SCCOC(=O)c3ccccc3)o2)cc(OC)c1OC. The third-order valence-electron chi connectivity index (χ3n) is 3.87. The Labute approximate surface area is 172 Å². The molecule has 0 N–H and O–H groups in total. The van der Waals surface area contributed by atoms with Crippen molar-refractivity contribution in [3.8, 4) is 28.7 Å². The largest absolute Gasteiger partial charge is 0.493 e. The predicted octanol–water partition coefficient (Wildman–Crippen LogP) is 3.71. The van der Waals surface area contributed by atoms with E-state index in [0.717, 1.165) is 0 Å². The molecule has 0 aliphatic heterocycles. The molecule has 0 unspecified atom stereocenters. The van der Waals surface area contributed by atoms with Crippen molar-refractivity contribution >= 4 is 17.7 Å². The first kappa shape index (κ1) is 20.5. The Morgan fingerprint density at radius 1 is 1.00 bits per heavy atom. The van der Waals surface area contributed by atoms with Crippen LogP contribution in [0.1, 0.15) is 10.4 Å². The van der Waals surface area contributed by atoms with Crippen LogP contribution in [0, 0.1) is 0 Å². The van der Waals surface area contributed by atoms with E-state index in [1.165, 1.54) is 33.1 Å². The Morgan fingerprint density at radius 2 is 1.69 bits per heavy atom. The molecule has 152 valence electrons. The fourth-order valence-corrected chi connectivity index (χ4v) is 3.09. The van der Waals surface area contributed by atoms with Gasteiger partial charge >= 0.3 is 5.97 Å². The van der Waals surface area contributed by atoms with Crippen molar-refractivity contribution in [3.63, 3.8) is 0 Å². The zero-order valence-corrected chi connectivity index (χ0v) is 17.0. The lowest BCUT2D eigenvalue weighted by atomic mass is 10.2. The highest BCUT2D eigenvalue weighted by atomic mass is 32.2. The topological polar surface area (TPSA) is 92.9 Å². The van der Waals surface area contributed by atoms with Crippen LogP contribution in [0.4, 0.5) is 0 Å². The molecule has 3 rings (SSSR count). The van der Waals surface area contributed by atoms with Crippen molar-refractivity contribution in [3.05, 3.63) is 48.0 Å². The van der Waals surface area contributed by atoms with Crippen molar-refractivity contribution in [1.82, 2.24) is 10.2 Å². The molecular weight excluding hydrogens is 396 g/mol. The molecule has 0 radical (unpaired) electrons. The third-order valence-corrected chi connectivity index (χ3v) is 4.65. The van der Waals surface area contributed by atoms with Crippen LogP contribution in [0.5, 0.6) is 17.2 Å². The van der Waals surface area contributed by atoms with E-state index in [0.29, 0.717) is 45.2 Å². The highest BCUT2D eigenvalue weighted by molar-refractivity contribution is 7.99. The van der Waals surface area contributed by atoms with E-state index in [9.17, 15) is 4.79 Å². The van der Waals surface area contributed by atoms with Crippen LogP contribution >= 0.6 is 11.8 Å². The Morgan fingerprint density at radius 3 is 2.31 bits per heavy atom. The molecule has 0 aliphatic carbocycles. The monoisotopic (exact) mass is 416 g/mol. The Balaban J connectivity index is 1.60. The number of benzene rings is 2. The van der Waals surface area contributed by atoms with Gasteiger partial charge in [0.05, 0.1) is 26.9 Å². The van der Waals surface area contributed by atoms with Gasteiger partial charge in [-0.2, -0.15) is 0 Å². The first-order valence-corrected chi connectivity index (χ1v) is 9.63. The molecular formula is C20H20N2O6S. The molecule has 0 saturated carbocycles. The lowest BCUT2D eigenvalue weighted by molar-refractivity contribution is 0.0530. The number of aromatic nitrogens is 2. The Hall–Kier alpha value is -3.20. The average molecular weight is 416 g/mol. The van der Waals surface area contributed by atoms with Crippen LogP contribution in [0.3, 0.4) is 0 Å². The third kappa shape index (κ3) is 5.00. The molecule has 9 heteroatoms. The zero-order chi connectivity index (χ0) is 20.6. The van der Waals surface area contributed by atoms with Gasteiger partial charge in [0.15, 0.2) is 11.5 Å². The maximum atomic E-state index is 11.9. The minimum atomic E-state index is -0.366. The summed E-state index contributed by atoms with van der Waals surface area (Å²) in [6, 6.07) is 12.3. The van der Waals surface area contributed by atoms with Gasteiger partial charge in [-0.25, -0.2) is 4.79 Å². The normalized spacial score (nSPS) is 10.4. The van der Waals surface area contributed by atoms with Crippen LogP contribution in [-0.2, 0) is 4.74 Å². The lowest BCUT2D eigenvalue weighted by Gasteiger charge is -2.12. The summed E-state index contributed by atoms with van der Waals surface area (Å²) in [7, 11) is 4.60. The number of ether oxygens (including phenoxy) is 4. The minimum Gasteiger partial charge on any atom is -0.493 e. The van der Waals surface area contributed by atoms with Crippen LogP contribution in [0.15, 0.2) is 52.1 Å². The number of esters is 1. The second-order valence-corrected chi connectivity index (χ2v) is 6.68. The lowest BCUT2D eigenvalue weighted by Crippen LogP contribution is -2.07. The van der Waals surface area contributed by atoms with Crippen LogP contribution in [-0.4, -0.2) is 49.9 Å². The summed E-state index contributed by atoms with van der Waals surface area (Å²) in [6.07, 6.45) is 0. The number of thioether (sulfide) groups is 1. The molecule has 0 fully saturated rings. The van der Waals surface area contributed by atoms with Gasteiger partial charge in [0.25, 0.3) is 5.22 Å². The van der Waals surface area contributed by atoms with Crippen LogP contribution in [0.2, 0.25) is 0 Å². The first-order chi connectivity index (χ1) is 14.2. The summed E-state index contributed by atoms with van der Waals surface area (Å²) in [5, 5.41) is 8.44. The molecule has 0 bridgehead atoms. The number of nitrogens with zero attached hydrogens (tertiary/aromatic N) is 2. The van der Waals surface area contributed by atoms with Gasteiger partial charge < -0.3 is 23.4 Å². The molecule has 3 aromatic rings. The summed E-state index contributed by atoms with van der Waals surface area (Å²) < 4.78 is 26.9. The smallest absolute Gasteiger partial charge is 0.338 e. The van der Waals surface area contributed by atoms with Crippen molar-refractivity contribution in [1.29, 1.82) is 0 Å². The number of hydrogen-bond donors (Lipinski definition) is 0. The maximum Gasteiger partial charge on any atom is 0.338 e. The highest BCUT2D eigenvalue weighted by Gasteiger charge is 2.17. The van der Waals surface area contributed by atoms with Crippen LogP contribution in [0.25, 0.3) is 11.5 Å². The van der Waals surface area contributed by atoms with E-state index in [4.69, 9.17) is 23.4 Å². The van der Waals surface area contributed by atoms with E-state index < -0.39 is 0 Å². The standard InChI is InChI=1S/C20H20N2O6S/c1-24-15-11-14(12-16(25-2)17(15)26-3)18-21-22-20(28-18)29-10-9-27-19(23)13-7-5-4-6-8-13/h4-8,11-12H,9-10H2,1-3H3. The average Bonchev–Trinajstić information content (AvgIpc) is 3.25. The molecule has 0 spiro atoms. The number of hydrogen-bond acceptors (Lipinski definition) is 9. The molecule has 0 aliphatic rings. The fourth-order valence-electron chi connectivity index (χ4n) is 2.51. The molecule has 0 saturated heterocycles. The highest BCUT2D eigenvalue weighted by Crippen LogP contribution is 2.41. The van der Waals surface area contributed by atoms with Crippen LogP contribution < -0.4 is 14.2 Å². The Kier molecular flexibility index (Phi) is 6.96. The molecule has 1 aromatic heterocycles. The van der Waals surface area contributed by atoms with E-state index in [2.05, 4.69) is 10.2 Å². The number of methoxy groups -OCH3 is 3. The van der Waals surface area contributed by atoms with Gasteiger partial charge in [-0.3, -0.25) is 0 Å². The van der Waals surface area contributed by atoms with Crippen molar-refractivity contribution in [2.45, 2.75) is 5.22 Å². The molecule has 8 nitrogen and oxygen atoms in total. The molecule has 1 heterocycles. The van der Waals surface area contributed by atoms with Gasteiger partial charge in [0.2, 0.25) is 11.6 Å². The molecule has 0 atom stereocenters. The molecule has 29 heavy (non-hydrogen) atoms. The van der Waals surface area contributed by atoms with Gasteiger partial charge in [-0.05, 0) is 24.3 Å². The second-order valence-electron chi connectivity index (χ2n) is 5.64. The number of carbonyl (C=O) groups is 1. The zero-order valence-electron chi connectivity index (χ0n) is 16.2. The summed E-state index contributed by atoms with van der Waals surface area (Å²) in [5.41, 5.74) is 1.15. The van der Waals surface area contributed by atoms with Crippen molar-refractivity contribution < 1.29 is 28.2 Å². The number of rotatable bonds is 9. The summed E-state index contributed by atoms with van der Waals surface area (Å²) in [6.45, 7) is 0.223. The van der Waals surface area contributed by atoms with Crippen molar-refractivity contribution in [2.24, 2.45) is 0 Å². The van der Waals surface area contributed by atoms with Crippen molar-refractivity contribution in [2.75, 3.05) is 33.7 Å². The summed E-state index contributed by atoms with van der Waals surface area (Å²) in [5.74, 6) is 1.88. The van der Waals surface area contributed by atoms with Gasteiger partial charge in [-0.1, -0.05) is 30.0 Å². The van der Waals surface area contributed by atoms with E-state index in [1.807, 2.05) is 6.07 Å². The second kappa shape index (κ2) is 9.83. The first-order valence-electron chi connectivity index (χ1n) is 8.65. The summed E-state index contributed by atoms with van der Waals surface area (Å²) in [4.78, 5) is 11.9. The molecule has 2 aromatic carbocycles. The molecule has 0 amide bonds. The number of carbonyl (C=O) groups excluding carboxylic acids is 1. The van der Waals surface area contributed by atoms with Gasteiger partial charge in [0, 0.05) is 11.3 Å². The maximum absolute atomic E-state index is 11.9. The van der Waals surface area contributed by atoms with E-state index >= 15 is 0 Å².